The molecule has 0 N–H and O–H groups in total. The molecule has 6 nitrogen and oxygen atoms in total. The zero-order valence-corrected chi connectivity index (χ0v) is 16.6. The van der Waals surface area contributed by atoms with Crippen LogP contribution in [0.15, 0.2) is 59.8 Å². The lowest BCUT2D eigenvalue weighted by atomic mass is 10.2. The minimum Gasteiger partial charge on any atom is -0.485 e. The van der Waals surface area contributed by atoms with Crippen molar-refractivity contribution in [3.63, 3.8) is 0 Å². The lowest BCUT2D eigenvalue weighted by Gasteiger charge is -2.13. The standard InChI is InChI=1S/C21H21N3O3S/c1-14-8-6-7-11-17(14)26-13-19-22-23-21(24(19)16-9-4-3-5-10-16)28-18-12-15(2)27-20(18)25/h3-11,15,18H,12-13H2,1-2H3/t15-,18-/m0/s1. The van der Waals surface area contributed by atoms with E-state index in [0.717, 1.165) is 17.0 Å². The van der Waals surface area contributed by atoms with Gasteiger partial charge in [-0.15, -0.1) is 10.2 Å². The molecule has 2 heterocycles. The number of ether oxygens (including phenoxy) is 2. The molecular formula is C21H21N3O3S. The smallest absolute Gasteiger partial charge is 0.319 e. The molecule has 144 valence electrons. The van der Waals surface area contributed by atoms with E-state index in [4.69, 9.17) is 9.47 Å². The highest BCUT2D eigenvalue weighted by molar-refractivity contribution is 8.00. The van der Waals surface area contributed by atoms with Gasteiger partial charge in [-0.3, -0.25) is 9.36 Å². The molecule has 28 heavy (non-hydrogen) atoms. The van der Waals surface area contributed by atoms with Crippen LogP contribution in [-0.2, 0) is 16.1 Å². The maximum absolute atomic E-state index is 12.1. The fourth-order valence-corrected chi connectivity index (χ4v) is 4.29. The monoisotopic (exact) mass is 395 g/mol. The van der Waals surface area contributed by atoms with Crippen LogP contribution >= 0.6 is 11.8 Å². The summed E-state index contributed by atoms with van der Waals surface area (Å²) in [7, 11) is 0. The molecule has 7 heteroatoms. The van der Waals surface area contributed by atoms with E-state index < -0.39 is 0 Å². The summed E-state index contributed by atoms with van der Waals surface area (Å²) >= 11 is 1.39. The van der Waals surface area contributed by atoms with Gasteiger partial charge in [-0.1, -0.05) is 48.2 Å². The number of para-hydroxylation sites is 2. The molecule has 1 aromatic heterocycles. The Hall–Kier alpha value is -2.80. The van der Waals surface area contributed by atoms with Crippen LogP contribution in [0.1, 0.15) is 24.7 Å². The Morgan fingerprint density at radius 3 is 2.61 bits per heavy atom. The molecule has 0 aliphatic carbocycles. The number of carbonyl (C=O) groups excluding carboxylic acids is 1. The zero-order chi connectivity index (χ0) is 19.5. The maximum Gasteiger partial charge on any atom is 0.319 e. The molecule has 0 amide bonds. The van der Waals surface area contributed by atoms with Gasteiger partial charge < -0.3 is 9.47 Å². The summed E-state index contributed by atoms with van der Waals surface area (Å²) in [5.74, 6) is 1.29. The molecule has 1 aliphatic rings. The normalized spacial score (nSPS) is 18.9. The number of cyclic esters (lactones) is 1. The van der Waals surface area contributed by atoms with Crippen LogP contribution < -0.4 is 4.74 Å². The van der Waals surface area contributed by atoms with Gasteiger partial charge in [0, 0.05) is 12.1 Å². The first-order chi connectivity index (χ1) is 13.6. The van der Waals surface area contributed by atoms with E-state index in [1.54, 1.807) is 0 Å². The van der Waals surface area contributed by atoms with Crippen LogP contribution in [0.5, 0.6) is 5.75 Å². The summed E-state index contributed by atoms with van der Waals surface area (Å²) in [5.41, 5.74) is 1.99. The molecule has 3 aromatic rings. The molecule has 1 aliphatic heterocycles. The van der Waals surface area contributed by atoms with Crippen molar-refractivity contribution in [3.8, 4) is 11.4 Å². The van der Waals surface area contributed by atoms with Crippen molar-refractivity contribution in [1.29, 1.82) is 0 Å². The third kappa shape index (κ3) is 3.89. The van der Waals surface area contributed by atoms with Crippen molar-refractivity contribution in [3.05, 3.63) is 66.0 Å². The third-order valence-electron chi connectivity index (χ3n) is 4.54. The van der Waals surface area contributed by atoms with Crippen molar-refractivity contribution in [2.75, 3.05) is 0 Å². The quantitative estimate of drug-likeness (QED) is 0.589. The number of thioether (sulfide) groups is 1. The molecule has 0 spiro atoms. The summed E-state index contributed by atoms with van der Waals surface area (Å²) < 4.78 is 13.2. The number of esters is 1. The minimum absolute atomic E-state index is 0.0676. The average molecular weight is 395 g/mol. The number of hydrogen-bond donors (Lipinski definition) is 0. The lowest BCUT2D eigenvalue weighted by Crippen LogP contribution is -2.12. The number of nitrogens with zero attached hydrogens (tertiary/aromatic N) is 3. The van der Waals surface area contributed by atoms with Gasteiger partial charge in [-0.05, 0) is 37.6 Å². The SMILES string of the molecule is Cc1ccccc1OCc1nnc(S[C@H]2C[C@H](C)OC2=O)n1-c1ccccc1. The van der Waals surface area contributed by atoms with Gasteiger partial charge in [0.1, 0.15) is 23.7 Å². The zero-order valence-electron chi connectivity index (χ0n) is 15.7. The molecule has 0 unspecified atom stereocenters. The summed E-state index contributed by atoms with van der Waals surface area (Å²) in [5, 5.41) is 9.06. The summed E-state index contributed by atoms with van der Waals surface area (Å²) in [6.07, 6.45) is 0.599. The second-order valence-electron chi connectivity index (χ2n) is 6.71. The van der Waals surface area contributed by atoms with Gasteiger partial charge in [0.15, 0.2) is 11.0 Å². The average Bonchev–Trinajstić information content (AvgIpc) is 3.24. The second kappa shape index (κ2) is 8.06. The Kier molecular flexibility index (Phi) is 5.34. The van der Waals surface area contributed by atoms with Crippen molar-refractivity contribution < 1.29 is 14.3 Å². The topological polar surface area (TPSA) is 66.2 Å². The van der Waals surface area contributed by atoms with Crippen molar-refractivity contribution in [2.24, 2.45) is 0 Å². The number of aromatic nitrogens is 3. The second-order valence-corrected chi connectivity index (χ2v) is 7.88. The molecule has 0 bridgehead atoms. The first-order valence-electron chi connectivity index (χ1n) is 9.17. The Morgan fingerprint density at radius 2 is 1.89 bits per heavy atom. The molecule has 4 rings (SSSR count). The number of aryl methyl sites for hydroxylation is 1. The molecule has 1 fully saturated rings. The first-order valence-corrected chi connectivity index (χ1v) is 10.0. The summed E-state index contributed by atoms with van der Waals surface area (Å²) in [6, 6.07) is 17.7. The van der Waals surface area contributed by atoms with E-state index in [2.05, 4.69) is 10.2 Å². The van der Waals surface area contributed by atoms with Gasteiger partial charge in [-0.25, -0.2) is 0 Å². The number of rotatable bonds is 6. The van der Waals surface area contributed by atoms with E-state index in [0.29, 0.717) is 17.4 Å². The van der Waals surface area contributed by atoms with E-state index in [1.807, 2.05) is 73.0 Å². The van der Waals surface area contributed by atoms with E-state index in [9.17, 15) is 4.79 Å². The Morgan fingerprint density at radius 1 is 1.14 bits per heavy atom. The van der Waals surface area contributed by atoms with Crippen LogP contribution in [0.2, 0.25) is 0 Å². The van der Waals surface area contributed by atoms with Crippen LogP contribution in [0, 0.1) is 6.92 Å². The van der Waals surface area contributed by atoms with Gasteiger partial charge in [0.05, 0.1) is 0 Å². The maximum atomic E-state index is 12.1. The van der Waals surface area contributed by atoms with Gasteiger partial charge >= 0.3 is 5.97 Å². The lowest BCUT2D eigenvalue weighted by molar-refractivity contribution is -0.140. The van der Waals surface area contributed by atoms with E-state index in [-0.39, 0.29) is 23.9 Å². The van der Waals surface area contributed by atoms with E-state index >= 15 is 0 Å². The van der Waals surface area contributed by atoms with Crippen LogP contribution in [-0.4, -0.2) is 32.1 Å². The number of carbonyl (C=O) groups is 1. The Balaban J connectivity index is 1.62. The summed E-state index contributed by atoms with van der Waals surface area (Å²) in [6.45, 7) is 4.19. The van der Waals surface area contributed by atoms with Crippen LogP contribution in [0.4, 0.5) is 0 Å². The fourth-order valence-electron chi connectivity index (χ4n) is 3.11. The van der Waals surface area contributed by atoms with Crippen LogP contribution in [0.25, 0.3) is 5.69 Å². The number of benzene rings is 2. The fraction of sp³-hybridized carbons (Fsp3) is 0.286. The van der Waals surface area contributed by atoms with Crippen molar-refractivity contribution in [1.82, 2.24) is 14.8 Å². The predicted molar refractivity (Wildman–Crippen MR) is 107 cm³/mol. The highest BCUT2D eigenvalue weighted by Gasteiger charge is 2.34. The van der Waals surface area contributed by atoms with Crippen LogP contribution in [0.3, 0.4) is 0 Å². The molecule has 1 saturated heterocycles. The first kappa shape index (κ1) is 18.6. The van der Waals surface area contributed by atoms with Gasteiger partial charge in [0.25, 0.3) is 0 Å². The van der Waals surface area contributed by atoms with Crippen molar-refractivity contribution in [2.45, 2.75) is 43.4 Å². The molecule has 0 radical (unpaired) electrons. The Labute approximate surface area is 167 Å². The molecule has 2 atom stereocenters. The van der Waals surface area contributed by atoms with E-state index in [1.165, 1.54) is 11.8 Å². The molecular weight excluding hydrogens is 374 g/mol. The summed E-state index contributed by atoms with van der Waals surface area (Å²) in [4.78, 5) is 12.1. The predicted octanol–water partition coefficient (Wildman–Crippen LogP) is 3.95. The highest BCUT2D eigenvalue weighted by Crippen LogP contribution is 2.33. The largest absolute Gasteiger partial charge is 0.485 e. The third-order valence-corrected chi connectivity index (χ3v) is 5.68. The number of hydrogen-bond acceptors (Lipinski definition) is 6. The molecule has 2 aromatic carbocycles. The van der Waals surface area contributed by atoms with Gasteiger partial charge in [0.2, 0.25) is 0 Å². The Bertz CT molecular complexity index is 974. The minimum atomic E-state index is -0.271. The van der Waals surface area contributed by atoms with Crippen molar-refractivity contribution >= 4 is 17.7 Å². The molecule has 0 saturated carbocycles. The highest BCUT2D eigenvalue weighted by atomic mass is 32.2. The van der Waals surface area contributed by atoms with Gasteiger partial charge in [-0.2, -0.15) is 0 Å².